The monoisotopic (exact) mass is 577 g/mol. The second-order valence-electron chi connectivity index (χ2n) is 8.19. The summed E-state index contributed by atoms with van der Waals surface area (Å²) in [5.74, 6) is 0.0969. The molecule has 0 bridgehead atoms. The Morgan fingerprint density at radius 2 is 1.62 bits per heavy atom. The number of rotatable bonds is 12. The molecule has 4 amide bonds. The number of carbonyl (C=O) groups is 4. The first-order valence-electron chi connectivity index (χ1n) is 12.1. The maximum absolute atomic E-state index is 13.0. The standard InChI is InChI=1S/C26H31N3O10S/c1-34-20-11-15(12-21(35-2)23(20)36-3)24(31)28-17(7-10-40-4)25(32)39-14-22(30)29-26(33)27-16-5-6-18-19(13-16)38-9-8-37-18/h5-6,11-13,17H,7-10,14H2,1-4H3,(H,28,31)(H2,27,29,30,33)/t17-/m1/s1. The van der Waals surface area contributed by atoms with E-state index < -0.39 is 36.5 Å². The van der Waals surface area contributed by atoms with Crippen LogP contribution in [0.2, 0.25) is 0 Å². The van der Waals surface area contributed by atoms with Crippen molar-refractivity contribution in [1.82, 2.24) is 10.6 Å². The molecule has 2 aromatic carbocycles. The van der Waals surface area contributed by atoms with E-state index in [1.165, 1.54) is 45.2 Å². The van der Waals surface area contributed by atoms with Crippen molar-refractivity contribution in [2.75, 3.05) is 58.5 Å². The van der Waals surface area contributed by atoms with Crippen LogP contribution in [0.5, 0.6) is 28.7 Å². The molecule has 0 spiro atoms. The normalized spacial score (nSPS) is 12.4. The van der Waals surface area contributed by atoms with Gasteiger partial charge in [-0.15, -0.1) is 0 Å². The molecule has 1 aliphatic heterocycles. The van der Waals surface area contributed by atoms with Crippen molar-refractivity contribution in [1.29, 1.82) is 0 Å². The summed E-state index contributed by atoms with van der Waals surface area (Å²) < 4.78 is 31.8. The third-order valence-corrected chi connectivity index (χ3v) is 6.17. The lowest BCUT2D eigenvalue weighted by molar-refractivity contribution is -0.150. The predicted octanol–water partition coefficient (Wildman–Crippen LogP) is 2.23. The van der Waals surface area contributed by atoms with Crippen molar-refractivity contribution < 1.29 is 47.6 Å². The van der Waals surface area contributed by atoms with Gasteiger partial charge in [0.2, 0.25) is 5.75 Å². The highest BCUT2D eigenvalue weighted by Crippen LogP contribution is 2.38. The molecule has 0 saturated heterocycles. The Hall–Kier alpha value is -4.33. The van der Waals surface area contributed by atoms with Gasteiger partial charge in [-0.3, -0.25) is 14.9 Å². The zero-order chi connectivity index (χ0) is 29.1. The number of thioether (sulfide) groups is 1. The first-order valence-corrected chi connectivity index (χ1v) is 13.5. The number of hydrogen-bond donors (Lipinski definition) is 3. The maximum atomic E-state index is 13.0. The quantitative estimate of drug-likeness (QED) is 0.318. The van der Waals surface area contributed by atoms with Crippen LogP contribution < -0.4 is 39.6 Å². The minimum Gasteiger partial charge on any atom is -0.493 e. The molecule has 0 aliphatic carbocycles. The fourth-order valence-corrected chi connectivity index (χ4v) is 4.09. The highest BCUT2D eigenvalue weighted by Gasteiger charge is 2.25. The van der Waals surface area contributed by atoms with Gasteiger partial charge >= 0.3 is 12.0 Å². The molecule has 0 aromatic heterocycles. The number of benzene rings is 2. The molecule has 1 heterocycles. The van der Waals surface area contributed by atoms with Gasteiger partial charge in [0, 0.05) is 17.3 Å². The van der Waals surface area contributed by atoms with Crippen molar-refractivity contribution in [3.8, 4) is 28.7 Å². The Morgan fingerprint density at radius 1 is 0.950 bits per heavy atom. The zero-order valence-electron chi connectivity index (χ0n) is 22.5. The smallest absolute Gasteiger partial charge is 0.329 e. The Kier molecular flexibility index (Phi) is 11.1. The number of carbonyl (C=O) groups excluding carboxylic acids is 4. The van der Waals surface area contributed by atoms with Crippen LogP contribution in [0, 0.1) is 0 Å². The maximum Gasteiger partial charge on any atom is 0.329 e. The Bertz CT molecular complexity index is 1210. The number of imide groups is 1. The summed E-state index contributed by atoms with van der Waals surface area (Å²) in [7, 11) is 4.27. The van der Waals surface area contributed by atoms with Crippen LogP contribution in [-0.2, 0) is 14.3 Å². The van der Waals surface area contributed by atoms with Gasteiger partial charge in [-0.2, -0.15) is 11.8 Å². The molecule has 1 aliphatic rings. The van der Waals surface area contributed by atoms with Crippen molar-refractivity contribution in [2.45, 2.75) is 12.5 Å². The third-order valence-electron chi connectivity index (χ3n) is 5.53. The van der Waals surface area contributed by atoms with Crippen molar-refractivity contribution in [3.63, 3.8) is 0 Å². The second-order valence-corrected chi connectivity index (χ2v) is 9.18. The molecule has 0 radical (unpaired) electrons. The average molecular weight is 578 g/mol. The first-order chi connectivity index (χ1) is 19.3. The van der Waals surface area contributed by atoms with Crippen LogP contribution in [0.25, 0.3) is 0 Å². The second kappa shape index (κ2) is 14.7. The minimum atomic E-state index is -1.06. The molecule has 1 atom stereocenters. The lowest BCUT2D eigenvalue weighted by Gasteiger charge is -2.19. The first kappa shape index (κ1) is 30.2. The number of hydrogen-bond acceptors (Lipinski definition) is 11. The van der Waals surface area contributed by atoms with Crippen LogP contribution in [0.15, 0.2) is 30.3 Å². The summed E-state index contributed by atoms with van der Waals surface area (Å²) >= 11 is 1.46. The zero-order valence-corrected chi connectivity index (χ0v) is 23.3. The highest BCUT2D eigenvalue weighted by atomic mass is 32.2. The minimum absolute atomic E-state index is 0.157. The molecule has 40 heavy (non-hydrogen) atoms. The fraction of sp³-hybridized carbons (Fsp3) is 0.385. The number of urea groups is 1. The van der Waals surface area contributed by atoms with Gasteiger partial charge in [0.05, 0.1) is 21.3 Å². The summed E-state index contributed by atoms with van der Waals surface area (Å²) in [6.45, 7) is 0.0802. The predicted molar refractivity (Wildman–Crippen MR) is 146 cm³/mol. The molecule has 13 nitrogen and oxygen atoms in total. The van der Waals surface area contributed by atoms with E-state index in [2.05, 4.69) is 16.0 Å². The fourth-order valence-electron chi connectivity index (χ4n) is 3.62. The van der Waals surface area contributed by atoms with Gasteiger partial charge < -0.3 is 39.1 Å². The number of nitrogens with one attached hydrogen (secondary N) is 3. The van der Waals surface area contributed by atoms with E-state index in [4.69, 9.17) is 28.4 Å². The molecule has 0 unspecified atom stereocenters. The van der Waals surface area contributed by atoms with Gasteiger partial charge in [0.1, 0.15) is 19.3 Å². The van der Waals surface area contributed by atoms with Crippen LogP contribution >= 0.6 is 11.8 Å². The summed E-state index contributed by atoms with van der Waals surface area (Å²) in [6.07, 6.45) is 2.08. The number of amides is 4. The summed E-state index contributed by atoms with van der Waals surface area (Å²) in [5, 5.41) is 7.19. The largest absolute Gasteiger partial charge is 0.493 e. The molecule has 3 rings (SSSR count). The molecular weight excluding hydrogens is 546 g/mol. The Balaban J connectivity index is 1.57. The molecule has 216 valence electrons. The van der Waals surface area contributed by atoms with E-state index in [1.54, 1.807) is 18.2 Å². The van der Waals surface area contributed by atoms with Crippen molar-refractivity contribution in [2.24, 2.45) is 0 Å². The molecule has 3 N–H and O–H groups in total. The van der Waals surface area contributed by atoms with E-state index >= 15 is 0 Å². The topological polar surface area (TPSA) is 160 Å². The number of methoxy groups -OCH3 is 3. The summed E-state index contributed by atoms with van der Waals surface area (Å²) in [4.78, 5) is 50.2. The van der Waals surface area contributed by atoms with Crippen molar-refractivity contribution in [3.05, 3.63) is 35.9 Å². The van der Waals surface area contributed by atoms with E-state index in [-0.39, 0.29) is 23.5 Å². The van der Waals surface area contributed by atoms with E-state index in [1.807, 2.05) is 6.26 Å². The summed E-state index contributed by atoms with van der Waals surface area (Å²) in [6, 6.07) is 5.79. The van der Waals surface area contributed by atoms with Gasteiger partial charge in [-0.25, -0.2) is 9.59 Å². The van der Waals surface area contributed by atoms with Crippen LogP contribution in [0.4, 0.5) is 10.5 Å². The van der Waals surface area contributed by atoms with E-state index in [0.29, 0.717) is 41.9 Å². The molecule has 0 saturated carbocycles. The lowest BCUT2D eigenvalue weighted by atomic mass is 10.1. The summed E-state index contributed by atoms with van der Waals surface area (Å²) in [5.41, 5.74) is 0.531. The third kappa shape index (κ3) is 8.09. The number of anilines is 1. The number of esters is 1. The van der Waals surface area contributed by atoms with Gasteiger partial charge in [0.15, 0.2) is 29.6 Å². The highest BCUT2D eigenvalue weighted by molar-refractivity contribution is 7.98. The molecule has 14 heteroatoms. The average Bonchev–Trinajstić information content (AvgIpc) is 2.96. The Morgan fingerprint density at radius 3 is 2.25 bits per heavy atom. The number of ether oxygens (including phenoxy) is 6. The van der Waals surface area contributed by atoms with E-state index in [0.717, 1.165) is 0 Å². The number of fused-ring (bicyclic) bond motifs is 1. The Labute approximate surface area is 235 Å². The van der Waals surface area contributed by atoms with Crippen LogP contribution in [0.3, 0.4) is 0 Å². The molecule has 2 aromatic rings. The van der Waals surface area contributed by atoms with E-state index in [9.17, 15) is 19.2 Å². The molecule has 0 fully saturated rings. The van der Waals surface area contributed by atoms with Crippen molar-refractivity contribution >= 4 is 41.3 Å². The van der Waals surface area contributed by atoms with Gasteiger partial charge in [-0.05, 0) is 42.7 Å². The van der Waals surface area contributed by atoms with Crippen LogP contribution in [-0.4, -0.2) is 83.0 Å². The van der Waals surface area contributed by atoms with Gasteiger partial charge in [0.25, 0.3) is 11.8 Å². The SMILES string of the molecule is COc1cc(C(=O)N[C@H](CCSC)C(=O)OCC(=O)NC(=O)Nc2ccc3c(c2)OCCO3)cc(OC)c1OC. The molecular formula is C26H31N3O10S. The van der Waals surface area contributed by atoms with Gasteiger partial charge in [-0.1, -0.05) is 0 Å². The lowest BCUT2D eigenvalue weighted by Crippen LogP contribution is -2.44. The van der Waals surface area contributed by atoms with Crippen LogP contribution in [0.1, 0.15) is 16.8 Å².